The molecule has 0 aliphatic carbocycles. The Labute approximate surface area is 122 Å². The summed E-state index contributed by atoms with van der Waals surface area (Å²) in [6, 6.07) is 7.02. The molecule has 19 heavy (non-hydrogen) atoms. The highest BCUT2D eigenvalue weighted by Gasteiger charge is 2.47. The molecular weight excluding hydrogens is 400 g/mol. The second kappa shape index (κ2) is 6.75. The van der Waals surface area contributed by atoms with Crippen molar-refractivity contribution in [2.45, 2.75) is 11.9 Å². The van der Waals surface area contributed by atoms with Crippen LogP contribution in [0.25, 0.3) is 0 Å². The topological polar surface area (TPSA) is 52.6 Å². The van der Waals surface area contributed by atoms with Gasteiger partial charge in [-0.2, -0.15) is 21.6 Å². The number of hydrogen-bond acceptors (Lipinski definition) is 4. The Morgan fingerprint density at radius 1 is 1.11 bits per heavy atom. The first kappa shape index (κ1) is 16.5. The summed E-state index contributed by atoms with van der Waals surface area (Å²) in [7, 11) is -5.50. The van der Waals surface area contributed by atoms with Crippen LogP contribution in [0.5, 0.6) is 5.75 Å². The standard InChI is InChI=1S/C10H10F3IO4S/c11-10(12,13)19(15,16)18-7-1-6-17-9-4-2-8(14)3-5-9/h2-5H,1,6-7H2. The van der Waals surface area contributed by atoms with Crippen molar-refractivity contribution in [1.29, 1.82) is 0 Å². The quantitative estimate of drug-likeness (QED) is 0.313. The smallest absolute Gasteiger partial charge is 0.494 e. The van der Waals surface area contributed by atoms with Crippen LogP contribution in [0.1, 0.15) is 6.42 Å². The van der Waals surface area contributed by atoms with Crippen molar-refractivity contribution < 1.29 is 30.5 Å². The van der Waals surface area contributed by atoms with E-state index in [2.05, 4.69) is 26.8 Å². The first-order valence-electron chi connectivity index (χ1n) is 5.06. The zero-order valence-corrected chi connectivity index (χ0v) is 12.5. The SMILES string of the molecule is O=S(=O)(OCCCOc1ccc(I)cc1)C(F)(F)F. The Morgan fingerprint density at radius 2 is 1.68 bits per heavy atom. The molecular formula is C10H10F3IO4S. The number of benzene rings is 1. The van der Waals surface area contributed by atoms with Gasteiger partial charge in [-0.15, -0.1) is 0 Å². The van der Waals surface area contributed by atoms with E-state index in [1.54, 1.807) is 24.3 Å². The first-order chi connectivity index (χ1) is 8.72. The highest BCUT2D eigenvalue weighted by molar-refractivity contribution is 14.1. The normalized spacial score (nSPS) is 12.4. The summed E-state index contributed by atoms with van der Waals surface area (Å²) >= 11 is 2.11. The number of alkyl halides is 3. The molecule has 0 N–H and O–H groups in total. The molecule has 0 radical (unpaired) electrons. The number of ether oxygens (including phenoxy) is 1. The van der Waals surface area contributed by atoms with Gasteiger partial charge in [-0.25, -0.2) is 0 Å². The maximum Gasteiger partial charge on any atom is 0.523 e. The molecule has 9 heteroatoms. The second-order valence-corrected chi connectivity index (χ2v) is 6.23. The van der Waals surface area contributed by atoms with Crippen LogP contribution in [0, 0.1) is 3.57 Å². The van der Waals surface area contributed by atoms with Crippen LogP contribution < -0.4 is 4.74 Å². The number of halogens is 4. The van der Waals surface area contributed by atoms with Gasteiger partial charge < -0.3 is 4.74 Å². The molecule has 1 aromatic carbocycles. The van der Waals surface area contributed by atoms with Crippen LogP contribution in [0.4, 0.5) is 13.2 Å². The number of rotatable bonds is 6. The lowest BCUT2D eigenvalue weighted by molar-refractivity contribution is -0.0544. The predicted molar refractivity (Wildman–Crippen MR) is 70.2 cm³/mol. The van der Waals surface area contributed by atoms with Gasteiger partial charge in [0.15, 0.2) is 0 Å². The fourth-order valence-corrected chi connectivity index (χ4v) is 1.85. The average molecular weight is 410 g/mol. The molecule has 0 aliphatic heterocycles. The van der Waals surface area contributed by atoms with E-state index in [1.165, 1.54) is 0 Å². The van der Waals surface area contributed by atoms with E-state index in [0.29, 0.717) is 5.75 Å². The van der Waals surface area contributed by atoms with Crippen LogP contribution in [0.2, 0.25) is 0 Å². The first-order valence-corrected chi connectivity index (χ1v) is 7.55. The minimum atomic E-state index is -5.50. The van der Waals surface area contributed by atoms with Crippen LogP contribution in [0.3, 0.4) is 0 Å². The van der Waals surface area contributed by atoms with E-state index < -0.39 is 22.2 Å². The highest BCUT2D eigenvalue weighted by Crippen LogP contribution is 2.24. The molecule has 0 amide bonds. The zero-order valence-electron chi connectivity index (χ0n) is 9.48. The Bertz CT molecular complexity index is 499. The lowest BCUT2D eigenvalue weighted by atomic mass is 10.3. The van der Waals surface area contributed by atoms with Crippen molar-refractivity contribution in [3.8, 4) is 5.75 Å². The van der Waals surface area contributed by atoms with Crippen LogP contribution >= 0.6 is 22.6 Å². The van der Waals surface area contributed by atoms with Crippen molar-refractivity contribution in [3.63, 3.8) is 0 Å². The van der Waals surface area contributed by atoms with E-state index in [9.17, 15) is 21.6 Å². The third-order valence-electron chi connectivity index (χ3n) is 1.89. The fourth-order valence-electron chi connectivity index (χ4n) is 1.02. The Hall–Kier alpha value is -0.550. The molecule has 0 bridgehead atoms. The number of hydrogen-bond donors (Lipinski definition) is 0. The summed E-state index contributed by atoms with van der Waals surface area (Å²) in [5, 5.41) is 0. The molecule has 0 aromatic heterocycles. The van der Waals surface area contributed by atoms with Gasteiger partial charge in [0.25, 0.3) is 0 Å². The molecule has 0 fully saturated rings. The maximum absolute atomic E-state index is 11.9. The van der Waals surface area contributed by atoms with Gasteiger partial charge in [0.1, 0.15) is 5.75 Å². The Morgan fingerprint density at radius 3 is 2.21 bits per heavy atom. The van der Waals surface area contributed by atoms with Gasteiger partial charge in [0.2, 0.25) is 0 Å². The molecule has 0 saturated heterocycles. The van der Waals surface area contributed by atoms with Crippen LogP contribution in [-0.4, -0.2) is 27.1 Å². The monoisotopic (exact) mass is 410 g/mol. The largest absolute Gasteiger partial charge is 0.523 e. The molecule has 0 saturated carbocycles. The minimum Gasteiger partial charge on any atom is -0.494 e. The fraction of sp³-hybridized carbons (Fsp3) is 0.400. The molecule has 108 valence electrons. The summed E-state index contributed by atoms with van der Waals surface area (Å²) in [6.45, 7) is -0.514. The van der Waals surface area contributed by atoms with Crippen molar-refractivity contribution in [3.05, 3.63) is 27.8 Å². The molecule has 1 aromatic rings. The summed E-state index contributed by atoms with van der Waals surface area (Å²) in [5.74, 6) is 0.555. The molecule has 0 spiro atoms. The van der Waals surface area contributed by atoms with Gasteiger partial charge in [-0.1, -0.05) is 0 Å². The average Bonchev–Trinajstić information content (AvgIpc) is 2.29. The summed E-state index contributed by atoms with van der Waals surface area (Å²) < 4.78 is 66.8. The summed E-state index contributed by atoms with van der Waals surface area (Å²) in [5.41, 5.74) is -5.38. The molecule has 4 nitrogen and oxygen atoms in total. The van der Waals surface area contributed by atoms with Crippen molar-refractivity contribution in [2.24, 2.45) is 0 Å². The van der Waals surface area contributed by atoms with Crippen molar-refractivity contribution in [2.75, 3.05) is 13.2 Å². The van der Waals surface area contributed by atoms with Gasteiger partial charge in [0.05, 0.1) is 13.2 Å². The van der Waals surface area contributed by atoms with Gasteiger partial charge in [-0.3, -0.25) is 4.18 Å². The maximum atomic E-state index is 11.9. The van der Waals surface area contributed by atoms with E-state index in [0.717, 1.165) is 3.57 Å². The van der Waals surface area contributed by atoms with E-state index >= 15 is 0 Å². The third kappa shape index (κ3) is 5.53. The molecule has 0 heterocycles. The molecule has 0 atom stereocenters. The molecule has 0 unspecified atom stereocenters. The lowest BCUT2D eigenvalue weighted by Crippen LogP contribution is -2.26. The van der Waals surface area contributed by atoms with Gasteiger partial charge in [-0.05, 0) is 46.9 Å². The summed E-state index contributed by atoms with van der Waals surface area (Å²) in [6.07, 6.45) is 0.0291. The van der Waals surface area contributed by atoms with E-state index in [1.807, 2.05) is 0 Å². The lowest BCUT2D eigenvalue weighted by Gasteiger charge is -2.09. The van der Waals surface area contributed by atoms with Crippen LogP contribution in [0.15, 0.2) is 24.3 Å². The molecule has 1 rings (SSSR count). The Kier molecular flexibility index (Phi) is 5.86. The second-order valence-electron chi connectivity index (χ2n) is 3.38. The van der Waals surface area contributed by atoms with E-state index in [-0.39, 0.29) is 13.0 Å². The van der Waals surface area contributed by atoms with Crippen LogP contribution in [-0.2, 0) is 14.3 Å². The third-order valence-corrected chi connectivity index (χ3v) is 3.66. The van der Waals surface area contributed by atoms with Crippen molar-refractivity contribution >= 4 is 32.7 Å². The van der Waals surface area contributed by atoms with E-state index in [4.69, 9.17) is 4.74 Å². The highest BCUT2D eigenvalue weighted by atomic mass is 127. The predicted octanol–water partition coefficient (Wildman–Crippen LogP) is 2.93. The zero-order chi connectivity index (χ0) is 14.5. The van der Waals surface area contributed by atoms with Gasteiger partial charge >= 0.3 is 15.6 Å². The molecule has 0 aliphatic rings. The Balaban J connectivity index is 2.27. The van der Waals surface area contributed by atoms with Gasteiger partial charge in [0, 0.05) is 9.99 Å². The summed E-state index contributed by atoms with van der Waals surface area (Å²) in [4.78, 5) is 0. The minimum absolute atomic E-state index is 0.0291. The van der Waals surface area contributed by atoms with Crippen molar-refractivity contribution in [1.82, 2.24) is 0 Å².